The zero-order valence-corrected chi connectivity index (χ0v) is 9.46. The summed E-state index contributed by atoms with van der Waals surface area (Å²) in [6, 6.07) is 4.68. The number of nitro benzene ring substituents is 1. The lowest BCUT2D eigenvalue weighted by atomic mass is 10.2. The number of rotatable bonds is 7. The molecule has 0 aliphatic heterocycles. The number of nitrogens with two attached hydrogens (primary N) is 1. The number of nitrogens with zero attached hydrogens (tertiary/aromatic N) is 1. The molecular formula is C11H16N2O4. The lowest BCUT2D eigenvalue weighted by molar-refractivity contribution is -0.385. The lowest BCUT2D eigenvalue weighted by Crippen LogP contribution is -2.03. The molecule has 0 aliphatic rings. The Hall–Kier alpha value is -1.66. The average Bonchev–Trinajstić information content (AvgIpc) is 2.34. The Morgan fingerprint density at radius 3 is 2.76 bits per heavy atom. The van der Waals surface area contributed by atoms with Crippen molar-refractivity contribution >= 4 is 5.69 Å². The topological polar surface area (TPSA) is 98.6 Å². The van der Waals surface area contributed by atoms with Gasteiger partial charge < -0.3 is 15.6 Å². The number of hydrogen-bond acceptors (Lipinski definition) is 5. The first-order valence-corrected chi connectivity index (χ1v) is 5.40. The van der Waals surface area contributed by atoms with E-state index in [1.54, 1.807) is 12.1 Å². The van der Waals surface area contributed by atoms with Crippen LogP contribution in [0.4, 0.5) is 5.69 Å². The summed E-state index contributed by atoms with van der Waals surface area (Å²) in [6.07, 6.45) is 1.28. The van der Waals surface area contributed by atoms with E-state index in [-0.39, 0.29) is 24.6 Å². The van der Waals surface area contributed by atoms with Crippen molar-refractivity contribution in [2.75, 3.05) is 13.2 Å². The Balaban J connectivity index is 2.73. The van der Waals surface area contributed by atoms with Gasteiger partial charge >= 0.3 is 5.69 Å². The smallest absolute Gasteiger partial charge is 0.311 e. The number of aliphatic hydroxyl groups is 1. The van der Waals surface area contributed by atoms with Crippen molar-refractivity contribution in [2.24, 2.45) is 5.73 Å². The van der Waals surface area contributed by atoms with E-state index >= 15 is 0 Å². The van der Waals surface area contributed by atoms with Crippen molar-refractivity contribution in [3.05, 3.63) is 33.9 Å². The van der Waals surface area contributed by atoms with Crippen LogP contribution < -0.4 is 10.5 Å². The van der Waals surface area contributed by atoms with Crippen LogP contribution in [0, 0.1) is 10.1 Å². The van der Waals surface area contributed by atoms with Crippen molar-refractivity contribution in [3.8, 4) is 5.75 Å². The van der Waals surface area contributed by atoms with Crippen LogP contribution in [0.15, 0.2) is 18.2 Å². The first-order valence-electron chi connectivity index (χ1n) is 5.40. The molecule has 0 saturated carbocycles. The number of ether oxygens (including phenoxy) is 1. The average molecular weight is 240 g/mol. The Kier molecular flexibility index (Phi) is 5.38. The van der Waals surface area contributed by atoms with Crippen LogP contribution in [-0.2, 0) is 6.54 Å². The normalized spacial score (nSPS) is 10.2. The zero-order chi connectivity index (χ0) is 12.7. The van der Waals surface area contributed by atoms with Crippen LogP contribution >= 0.6 is 0 Å². The van der Waals surface area contributed by atoms with Gasteiger partial charge in [-0.2, -0.15) is 0 Å². The predicted molar refractivity (Wildman–Crippen MR) is 62.8 cm³/mol. The molecule has 0 amide bonds. The third-order valence-corrected chi connectivity index (χ3v) is 2.27. The molecule has 3 N–H and O–H groups in total. The molecule has 94 valence electrons. The highest BCUT2D eigenvalue weighted by Crippen LogP contribution is 2.27. The second-order valence-corrected chi connectivity index (χ2v) is 3.54. The molecule has 1 aromatic carbocycles. The molecule has 0 unspecified atom stereocenters. The molecule has 0 spiro atoms. The quantitative estimate of drug-likeness (QED) is 0.424. The van der Waals surface area contributed by atoms with Gasteiger partial charge in [0, 0.05) is 19.2 Å². The van der Waals surface area contributed by atoms with E-state index in [9.17, 15) is 10.1 Å². The second kappa shape index (κ2) is 6.82. The second-order valence-electron chi connectivity index (χ2n) is 3.54. The standard InChI is InChI=1S/C11H16N2O4/c12-8-9-3-4-11(10(7-9)13(15)16)17-6-2-1-5-14/h3-4,7,14H,1-2,5-6,8,12H2. The fourth-order valence-electron chi connectivity index (χ4n) is 1.35. The molecule has 17 heavy (non-hydrogen) atoms. The van der Waals surface area contributed by atoms with Crippen molar-refractivity contribution in [1.82, 2.24) is 0 Å². The maximum absolute atomic E-state index is 10.8. The summed E-state index contributed by atoms with van der Waals surface area (Å²) in [6.45, 7) is 0.701. The van der Waals surface area contributed by atoms with Crippen LogP contribution in [0.3, 0.4) is 0 Å². The highest BCUT2D eigenvalue weighted by molar-refractivity contribution is 5.48. The Morgan fingerprint density at radius 1 is 1.41 bits per heavy atom. The van der Waals surface area contributed by atoms with Gasteiger partial charge in [0.05, 0.1) is 11.5 Å². The molecule has 6 nitrogen and oxygen atoms in total. The van der Waals surface area contributed by atoms with E-state index in [0.29, 0.717) is 25.0 Å². The molecule has 0 atom stereocenters. The van der Waals surface area contributed by atoms with Crippen LogP contribution in [0.5, 0.6) is 5.75 Å². The summed E-state index contributed by atoms with van der Waals surface area (Å²) in [5, 5.41) is 19.4. The summed E-state index contributed by atoms with van der Waals surface area (Å²) in [4.78, 5) is 10.3. The number of nitro groups is 1. The monoisotopic (exact) mass is 240 g/mol. The maximum atomic E-state index is 10.8. The lowest BCUT2D eigenvalue weighted by Gasteiger charge is -2.07. The molecule has 6 heteroatoms. The van der Waals surface area contributed by atoms with Gasteiger partial charge in [-0.3, -0.25) is 10.1 Å². The molecule has 0 bridgehead atoms. The van der Waals surface area contributed by atoms with Gasteiger partial charge in [0.2, 0.25) is 0 Å². The third kappa shape index (κ3) is 4.01. The molecule has 1 rings (SSSR count). The highest BCUT2D eigenvalue weighted by atomic mass is 16.6. The summed E-state index contributed by atoms with van der Waals surface area (Å²) in [7, 11) is 0. The minimum Gasteiger partial charge on any atom is -0.487 e. The molecular weight excluding hydrogens is 224 g/mol. The molecule has 0 fully saturated rings. The van der Waals surface area contributed by atoms with E-state index in [2.05, 4.69) is 0 Å². The SMILES string of the molecule is NCc1ccc(OCCCCO)c([N+](=O)[O-])c1. The maximum Gasteiger partial charge on any atom is 0.311 e. The number of hydrogen-bond donors (Lipinski definition) is 2. The van der Waals surface area contributed by atoms with Gasteiger partial charge in [0.15, 0.2) is 5.75 Å². The highest BCUT2D eigenvalue weighted by Gasteiger charge is 2.15. The number of unbranched alkanes of at least 4 members (excludes halogenated alkanes) is 1. The van der Waals surface area contributed by atoms with E-state index < -0.39 is 4.92 Å². The molecule has 0 saturated heterocycles. The minimum atomic E-state index is -0.486. The van der Waals surface area contributed by atoms with Gasteiger partial charge in [0.25, 0.3) is 0 Å². The summed E-state index contributed by atoms with van der Waals surface area (Å²) < 4.78 is 5.31. The first kappa shape index (κ1) is 13.4. The van der Waals surface area contributed by atoms with Gasteiger partial charge in [-0.05, 0) is 24.5 Å². The fourth-order valence-corrected chi connectivity index (χ4v) is 1.35. The molecule has 1 aromatic rings. The van der Waals surface area contributed by atoms with Crippen molar-refractivity contribution in [3.63, 3.8) is 0 Å². The van der Waals surface area contributed by atoms with Crippen LogP contribution in [-0.4, -0.2) is 23.2 Å². The summed E-state index contributed by atoms with van der Waals surface area (Å²) >= 11 is 0. The van der Waals surface area contributed by atoms with E-state index in [1.165, 1.54) is 6.07 Å². The van der Waals surface area contributed by atoms with Crippen LogP contribution in [0.25, 0.3) is 0 Å². The van der Waals surface area contributed by atoms with E-state index in [0.717, 1.165) is 0 Å². The van der Waals surface area contributed by atoms with E-state index in [1.807, 2.05) is 0 Å². The van der Waals surface area contributed by atoms with Gasteiger partial charge in [-0.25, -0.2) is 0 Å². The van der Waals surface area contributed by atoms with Crippen molar-refractivity contribution in [2.45, 2.75) is 19.4 Å². The molecule has 0 aromatic heterocycles. The first-order chi connectivity index (χ1) is 8.19. The van der Waals surface area contributed by atoms with Crippen LogP contribution in [0.2, 0.25) is 0 Å². The summed E-state index contributed by atoms with van der Waals surface area (Å²) in [5.41, 5.74) is 6.04. The number of benzene rings is 1. The minimum absolute atomic E-state index is 0.0723. The van der Waals surface area contributed by atoms with Crippen molar-refractivity contribution < 1.29 is 14.8 Å². The third-order valence-electron chi connectivity index (χ3n) is 2.27. The number of aliphatic hydroxyl groups excluding tert-OH is 1. The Morgan fingerprint density at radius 2 is 2.18 bits per heavy atom. The van der Waals surface area contributed by atoms with Gasteiger partial charge in [0.1, 0.15) is 0 Å². The summed E-state index contributed by atoms with van der Waals surface area (Å²) in [5.74, 6) is 0.241. The molecule has 0 heterocycles. The van der Waals surface area contributed by atoms with Crippen LogP contribution in [0.1, 0.15) is 18.4 Å². The van der Waals surface area contributed by atoms with Crippen molar-refractivity contribution in [1.29, 1.82) is 0 Å². The Labute approximate surface area is 99.2 Å². The fraction of sp³-hybridized carbons (Fsp3) is 0.455. The predicted octanol–water partition coefficient (Wildman–Crippen LogP) is 1.20. The van der Waals surface area contributed by atoms with E-state index in [4.69, 9.17) is 15.6 Å². The molecule has 0 radical (unpaired) electrons. The van der Waals surface area contributed by atoms with Gasteiger partial charge in [-0.1, -0.05) is 6.07 Å². The largest absolute Gasteiger partial charge is 0.487 e. The van der Waals surface area contributed by atoms with Gasteiger partial charge in [-0.15, -0.1) is 0 Å². The molecule has 0 aliphatic carbocycles. The zero-order valence-electron chi connectivity index (χ0n) is 9.46. The Bertz CT molecular complexity index is 382.